The molecule has 1 amide bonds. The third-order valence-electron chi connectivity index (χ3n) is 3.90. The number of thiophene rings is 1. The molecule has 1 N–H and O–H groups in total. The maximum Gasteiger partial charge on any atom is 0.341 e. The summed E-state index contributed by atoms with van der Waals surface area (Å²) in [5.74, 6) is -0.590. The second-order valence-corrected chi connectivity index (χ2v) is 6.71. The highest BCUT2D eigenvalue weighted by Gasteiger charge is 2.21. The smallest absolute Gasteiger partial charge is 0.341 e. The second kappa shape index (κ2) is 7.49. The normalized spacial score (nSPS) is 11.8. The van der Waals surface area contributed by atoms with Crippen LogP contribution in [-0.4, -0.2) is 35.5 Å². The summed E-state index contributed by atoms with van der Waals surface area (Å²) in [4.78, 5) is 26.3. The van der Waals surface area contributed by atoms with Gasteiger partial charge in [-0.25, -0.2) is 4.79 Å². The molecule has 0 saturated carbocycles. The Morgan fingerprint density at radius 1 is 1.29 bits per heavy atom. The number of carboxylic acids is 1. The Bertz CT molecular complexity index is 716. The molecule has 1 aromatic carbocycles. The number of amides is 1. The van der Waals surface area contributed by atoms with Gasteiger partial charge in [-0.15, -0.1) is 11.3 Å². The van der Waals surface area contributed by atoms with Crippen molar-refractivity contribution in [3.63, 3.8) is 0 Å². The van der Waals surface area contributed by atoms with Crippen LogP contribution in [0.2, 0.25) is 0 Å². The number of aliphatic carboxylic acids is 1. The zero-order valence-corrected chi connectivity index (χ0v) is 15.0. The number of aryl methyl sites for hydroxylation is 2. The molecule has 1 unspecified atom stereocenters. The van der Waals surface area contributed by atoms with E-state index in [9.17, 15) is 9.59 Å². The van der Waals surface area contributed by atoms with Crippen molar-refractivity contribution in [1.82, 2.24) is 4.90 Å². The molecule has 1 atom stereocenters. The van der Waals surface area contributed by atoms with E-state index in [1.54, 1.807) is 35.4 Å². The maximum atomic E-state index is 12.8. The fourth-order valence-electron chi connectivity index (χ4n) is 2.53. The van der Waals surface area contributed by atoms with Gasteiger partial charge < -0.3 is 14.7 Å². The lowest BCUT2D eigenvalue weighted by Gasteiger charge is -2.25. The van der Waals surface area contributed by atoms with Gasteiger partial charge in [-0.3, -0.25) is 4.79 Å². The highest BCUT2D eigenvalue weighted by atomic mass is 32.1. The fraction of sp³-hybridized carbons (Fsp3) is 0.333. The Kier molecular flexibility index (Phi) is 5.62. The average Bonchev–Trinajstić information content (AvgIpc) is 3.05. The van der Waals surface area contributed by atoms with E-state index in [-0.39, 0.29) is 11.9 Å². The quantitative estimate of drug-likeness (QED) is 0.866. The summed E-state index contributed by atoms with van der Waals surface area (Å²) in [5, 5.41) is 10.7. The minimum absolute atomic E-state index is 0.0129. The average molecular weight is 347 g/mol. The van der Waals surface area contributed by atoms with E-state index in [2.05, 4.69) is 0 Å². The summed E-state index contributed by atoms with van der Waals surface area (Å²) in [6.45, 7) is 5.21. The van der Waals surface area contributed by atoms with Crippen molar-refractivity contribution < 1.29 is 19.4 Å². The SMILES string of the molecule is Cc1cc(C(=O)N(C)C(C)c2cccs2)cc(C)c1OCC(=O)O. The van der Waals surface area contributed by atoms with Crippen LogP contribution in [-0.2, 0) is 4.79 Å². The number of nitrogens with zero attached hydrogens (tertiary/aromatic N) is 1. The first-order valence-electron chi connectivity index (χ1n) is 7.57. The van der Waals surface area contributed by atoms with Gasteiger partial charge in [-0.1, -0.05) is 6.07 Å². The van der Waals surface area contributed by atoms with Crippen molar-refractivity contribution in [2.24, 2.45) is 0 Å². The van der Waals surface area contributed by atoms with E-state index in [1.807, 2.05) is 38.3 Å². The molecule has 128 valence electrons. The topological polar surface area (TPSA) is 66.8 Å². The molecule has 2 aromatic rings. The zero-order chi connectivity index (χ0) is 17.9. The van der Waals surface area contributed by atoms with E-state index < -0.39 is 12.6 Å². The molecular weight excluding hydrogens is 326 g/mol. The number of hydrogen-bond donors (Lipinski definition) is 1. The van der Waals surface area contributed by atoms with Gasteiger partial charge in [0.2, 0.25) is 0 Å². The number of carboxylic acid groups (broad SMARTS) is 1. The molecule has 0 aliphatic rings. The Labute approximate surface area is 145 Å². The van der Waals surface area contributed by atoms with Crippen LogP contribution in [0, 0.1) is 13.8 Å². The van der Waals surface area contributed by atoms with Crippen molar-refractivity contribution in [3.05, 3.63) is 51.2 Å². The maximum absolute atomic E-state index is 12.8. The van der Waals surface area contributed by atoms with Crippen LogP contribution in [0.25, 0.3) is 0 Å². The number of carbonyl (C=O) groups excluding carboxylic acids is 1. The molecule has 0 radical (unpaired) electrons. The van der Waals surface area contributed by atoms with Gasteiger partial charge >= 0.3 is 5.97 Å². The molecule has 1 aromatic heterocycles. The highest BCUT2D eigenvalue weighted by molar-refractivity contribution is 7.10. The van der Waals surface area contributed by atoms with Gasteiger partial charge in [-0.05, 0) is 55.5 Å². The summed E-state index contributed by atoms with van der Waals surface area (Å²) >= 11 is 1.62. The van der Waals surface area contributed by atoms with Crippen LogP contribution >= 0.6 is 11.3 Å². The summed E-state index contributed by atoms with van der Waals surface area (Å²) in [5.41, 5.74) is 2.06. The number of benzene rings is 1. The standard InChI is InChI=1S/C18H21NO4S/c1-11-8-14(9-12(2)17(11)23-10-16(20)21)18(22)19(4)13(3)15-6-5-7-24-15/h5-9,13H,10H2,1-4H3,(H,20,21). The van der Waals surface area contributed by atoms with Crippen molar-refractivity contribution in [2.75, 3.05) is 13.7 Å². The van der Waals surface area contributed by atoms with Crippen LogP contribution in [0.15, 0.2) is 29.6 Å². The molecule has 0 bridgehead atoms. The Hall–Kier alpha value is -2.34. The van der Waals surface area contributed by atoms with Gasteiger partial charge in [0, 0.05) is 17.5 Å². The Morgan fingerprint density at radius 3 is 2.42 bits per heavy atom. The van der Waals surface area contributed by atoms with Gasteiger partial charge in [-0.2, -0.15) is 0 Å². The number of ether oxygens (including phenoxy) is 1. The first-order valence-corrected chi connectivity index (χ1v) is 8.45. The van der Waals surface area contributed by atoms with Crippen molar-refractivity contribution in [3.8, 4) is 5.75 Å². The summed E-state index contributed by atoms with van der Waals surface area (Å²) in [6.07, 6.45) is 0. The molecule has 1 heterocycles. The first kappa shape index (κ1) is 18.0. The van der Waals surface area contributed by atoms with E-state index >= 15 is 0 Å². The monoisotopic (exact) mass is 347 g/mol. The highest BCUT2D eigenvalue weighted by Crippen LogP contribution is 2.28. The van der Waals surface area contributed by atoms with Crippen molar-refractivity contribution in [2.45, 2.75) is 26.8 Å². The molecular formula is C18H21NO4S. The molecule has 2 rings (SSSR count). The van der Waals surface area contributed by atoms with Gasteiger partial charge in [0.15, 0.2) is 6.61 Å². The molecule has 0 spiro atoms. The first-order chi connectivity index (χ1) is 11.3. The molecule has 0 fully saturated rings. The number of rotatable bonds is 6. The predicted octanol–water partition coefficient (Wildman–Crippen LogP) is 3.66. The van der Waals surface area contributed by atoms with Crippen molar-refractivity contribution in [1.29, 1.82) is 0 Å². The summed E-state index contributed by atoms with van der Waals surface area (Å²) in [6, 6.07) is 7.45. The molecule has 0 aliphatic heterocycles. The lowest BCUT2D eigenvalue weighted by Crippen LogP contribution is -2.29. The van der Waals surface area contributed by atoms with Crippen LogP contribution in [0.1, 0.15) is 39.3 Å². The van der Waals surface area contributed by atoms with Gasteiger partial charge in [0.05, 0.1) is 6.04 Å². The largest absolute Gasteiger partial charge is 0.481 e. The van der Waals surface area contributed by atoms with Crippen LogP contribution in [0.5, 0.6) is 5.75 Å². The Balaban J connectivity index is 2.22. The molecule has 24 heavy (non-hydrogen) atoms. The molecule has 0 aliphatic carbocycles. The zero-order valence-electron chi connectivity index (χ0n) is 14.2. The summed E-state index contributed by atoms with van der Waals surface area (Å²) in [7, 11) is 1.78. The molecule has 0 saturated heterocycles. The molecule has 6 heteroatoms. The van der Waals surface area contributed by atoms with E-state index in [1.165, 1.54) is 0 Å². The van der Waals surface area contributed by atoms with Crippen LogP contribution in [0.4, 0.5) is 0 Å². The lowest BCUT2D eigenvalue weighted by atomic mass is 10.0. The van der Waals surface area contributed by atoms with E-state index in [0.717, 1.165) is 16.0 Å². The number of hydrogen-bond acceptors (Lipinski definition) is 4. The van der Waals surface area contributed by atoms with E-state index in [0.29, 0.717) is 11.3 Å². The third-order valence-corrected chi connectivity index (χ3v) is 4.95. The van der Waals surface area contributed by atoms with Crippen LogP contribution < -0.4 is 4.74 Å². The lowest BCUT2D eigenvalue weighted by molar-refractivity contribution is -0.139. The minimum atomic E-state index is -1.03. The van der Waals surface area contributed by atoms with Gasteiger partial charge in [0.1, 0.15) is 5.75 Å². The summed E-state index contributed by atoms with van der Waals surface area (Å²) < 4.78 is 5.31. The van der Waals surface area contributed by atoms with Gasteiger partial charge in [0.25, 0.3) is 5.91 Å². The van der Waals surface area contributed by atoms with Crippen molar-refractivity contribution >= 4 is 23.2 Å². The third kappa shape index (κ3) is 3.94. The Morgan fingerprint density at radius 2 is 1.92 bits per heavy atom. The fourth-order valence-corrected chi connectivity index (χ4v) is 3.36. The minimum Gasteiger partial charge on any atom is -0.481 e. The van der Waals surface area contributed by atoms with Crippen LogP contribution in [0.3, 0.4) is 0 Å². The van der Waals surface area contributed by atoms with E-state index in [4.69, 9.17) is 9.84 Å². The second-order valence-electron chi connectivity index (χ2n) is 5.73. The molecule has 5 nitrogen and oxygen atoms in total. The number of carbonyl (C=O) groups is 2. The predicted molar refractivity (Wildman–Crippen MR) is 93.9 cm³/mol.